The Balaban J connectivity index is 2.04. The molecule has 1 aromatic rings. The number of aliphatic hydroxyl groups is 1. The molecular formula is C15H18F3NO2S. The van der Waals surface area contributed by atoms with E-state index in [1.165, 1.54) is 23.9 Å². The Kier molecular flexibility index (Phi) is 5.07. The van der Waals surface area contributed by atoms with Crippen LogP contribution in [-0.4, -0.2) is 34.2 Å². The molecule has 0 spiro atoms. The Labute approximate surface area is 131 Å². The van der Waals surface area contributed by atoms with Crippen LogP contribution in [0.3, 0.4) is 0 Å². The number of amides is 1. The van der Waals surface area contributed by atoms with Crippen LogP contribution in [-0.2, 0) is 17.4 Å². The third-order valence-electron chi connectivity index (χ3n) is 3.65. The normalized spacial score (nSPS) is 23.3. The van der Waals surface area contributed by atoms with Crippen LogP contribution in [0.1, 0.15) is 24.5 Å². The number of hydrogen-bond donors (Lipinski definition) is 2. The van der Waals surface area contributed by atoms with Gasteiger partial charge in [0, 0.05) is 11.8 Å². The lowest BCUT2D eigenvalue weighted by molar-refractivity contribution is -0.138. The lowest BCUT2D eigenvalue weighted by Crippen LogP contribution is -2.50. The van der Waals surface area contributed by atoms with Gasteiger partial charge in [-0.15, -0.1) is 0 Å². The van der Waals surface area contributed by atoms with Crippen molar-refractivity contribution in [2.45, 2.75) is 37.6 Å². The van der Waals surface area contributed by atoms with E-state index < -0.39 is 29.3 Å². The number of nitrogens with one attached hydrogen (secondary N) is 1. The van der Waals surface area contributed by atoms with Crippen molar-refractivity contribution in [2.75, 3.05) is 11.5 Å². The largest absolute Gasteiger partial charge is 0.416 e. The van der Waals surface area contributed by atoms with E-state index in [4.69, 9.17) is 0 Å². The molecule has 1 aromatic carbocycles. The monoisotopic (exact) mass is 333 g/mol. The van der Waals surface area contributed by atoms with E-state index in [9.17, 15) is 23.1 Å². The molecule has 2 N–H and O–H groups in total. The maximum absolute atomic E-state index is 12.9. The van der Waals surface area contributed by atoms with Gasteiger partial charge >= 0.3 is 6.18 Å². The Morgan fingerprint density at radius 3 is 2.73 bits per heavy atom. The van der Waals surface area contributed by atoms with Crippen molar-refractivity contribution in [3.63, 3.8) is 0 Å². The van der Waals surface area contributed by atoms with Gasteiger partial charge in [-0.2, -0.15) is 24.9 Å². The molecule has 122 valence electrons. The zero-order valence-electron chi connectivity index (χ0n) is 12.1. The zero-order valence-corrected chi connectivity index (χ0v) is 12.9. The summed E-state index contributed by atoms with van der Waals surface area (Å²) in [6.45, 7) is 1.64. The van der Waals surface area contributed by atoms with Crippen molar-refractivity contribution in [3.05, 3.63) is 35.4 Å². The van der Waals surface area contributed by atoms with Crippen molar-refractivity contribution < 1.29 is 23.1 Å². The van der Waals surface area contributed by atoms with Gasteiger partial charge in [0.2, 0.25) is 0 Å². The lowest BCUT2D eigenvalue weighted by Gasteiger charge is -2.24. The molecular weight excluding hydrogens is 315 g/mol. The van der Waals surface area contributed by atoms with Crippen molar-refractivity contribution in [2.24, 2.45) is 0 Å². The quantitative estimate of drug-likeness (QED) is 0.890. The van der Waals surface area contributed by atoms with Crippen molar-refractivity contribution >= 4 is 17.7 Å². The summed E-state index contributed by atoms with van der Waals surface area (Å²) in [6, 6.07) is 4.83. The molecule has 0 aliphatic carbocycles. The fraction of sp³-hybridized carbons (Fsp3) is 0.533. The molecule has 0 bridgehead atoms. The minimum atomic E-state index is -4.42. The van der Waals surface area contributed by atoms with E-state index in [0.717, 1.165) is 6.07 Å². The molecule has 0 aromatic heterocycles. The van der Waals surface area contributed by atoms with Crippen LogP contribution in [0.2, 0.25) is 0 Å². The van der Waals surface area contributed by atoms with Crippen LogP contribution in [0.15, 0.2) is 24.3 Å². The number of hydrogen-bond acceptors (Lipinski definition) is 3. The Bertz CT molecular complexity index is 542. The van der Waals surface area contributed by atoms with Gasteiger partial charge in [0.15, 0.2) is 5.60 Å². The van der Waals surface area contributed by atoms with Gasteiger partial charge in [-0.05, 0) is 37.1 Å². The first-order chi connectivity index (χ1) is 10.2. The number of carbonyl (C=O) groups is 1. The highest BCUT2D eigenvalue weighted by Crippen LogP contribution is 2.32. The molecule has 0 radical (unpaired) electrons. The zero-order chi connectivity index (χ0) is 16.4. The second-order valence-corrected chi connectivity index (χ2v) is 6.67. The van der Waals surface area contributed by atoms with E-state index in [1.54, 1.807) is 13.0 Å². The van der Waals surface area contributed by atoms with Gasteiger partial charge in [-0.1, -0.05) is 18.2 Å². The number of thioether (sulfide) groups is 1. The van der Waals surface area contributed by atoms with Gasteiger partial charge in [-0.25, -0.2) is 0 Å². The van der Waals surface area contributed by atoms with Crippen LogP contribution in [0.25, 0.3) is 0 Å². The molecule has 1 aliphatic heterocycles. The van der Waals surface area contributed by atoms with Gasteiger partial charge in [-0.3, -0.25) is 4.79 Å². The SMILES string of the molecule is C[C@@H](Cc1ccccc1C(F)(F)F)NC(=O)[C@]1(O)CCSC1. The molecule has 2 atom stereocenters. The molecule has 1 saturated heterocycles. The maximum Gasteiger partial charge on any atom is 0.416 e. The third-order valence-corrected chi connectivity index (χ3v) is 4.82. The van der Waals surface area contributed by atoms with E-state index in [1.807, 2.05) is 0 Å². The van der Waals surface area contributed by atoms with Crippen molar-refractivity contribution in [3.8, 4) is 0 Å². The molecule has 3 nitrogen and oxygen atoms in total. The first-order valence-corrected chi connectivity index (χ1v) is 8.14. The van der Waals surface area contributed by atoms with Crippen LogP contribution in [0.4, 0.5) is 13.2 Å². The van der Waals surface area contributed by atoms with E-state index >= 15 is 0 Å². The third kappa shape index (κ3) is 3.95. The van der Waals surface area contributed by atoms with E-state index in [-0.39, 0.29) is 12.0 Å². The number of benzene rings is 1. The highest BCUT2D eigenvalue weighted by Gasteiger charge is 2.40. The van der Waals surface area contributed by atoms with Crippen LogP contribution in [0.5, 0.6) is 0 Å². The summed E-state index contributed by atoms with van der Waals surface area (Å²) in [6.07, 6.45) is -3.99. The minimum absolute atomic E-state index is 0.0602. The fourth-order valence-corrected chi connectivity index (χ4v) is 3.69. The first kappa shape index (κ1) is 17.1. The summed E-state index contributed by atoms with van der Waals surface area (Å²) < 4.78 is 38.8. The summed E-state index contributed by atoms with van der Waals surface area (Å²) >= 11 is 1.49. The summed E-state index contributed by atoms with van der Waals surface area (Å²) in [5.41, 5.74) is -1.95. The van der Waals surface area contributed by atoms with Crippen LogP contribution >= 0.6 is 11.8 Å². The summed E-state index contributed by atoms with van der Waals surface area (Å²) in [7, 11) is 0. The highest BCUT2D eigenvalue weighted by molar-refractivity contribution is 7.99. The molecule has 7 heteroatoms. The topological polar surface area (TPSA) is 49.3 Å². The standard InChI is InChI=1S/C15H18F3NO2S/c1-10(19-13(20)14(21)6-7-22-9-14)8-11-4-2-3-5-12(11)15(16,17)18/h2-5,10,21H,6-9H2,1H3,(H,19,20)/t10-,14-/m0/s1. The number of rotatable bonds is 4. The highest BCUT2D eigenvalue weighted by atomic mass is 32.2. The molecule has 22 heavy (non-hydrogen) atoms. The number of alkyl halides is 3. The summed E-state index contributed by atoms with van der Waals surface area (Å²) in [5.74, 6) is 0.523. The summed E-state index contributed by atoms with van der Waals surface area (Å²) in [4.78, 5) is 12.1. The molecule has 1 heterocycles. The predicted molar refractivity (Wildman–Crippen MR) is 79.6 cm³/mol. The molecule has 1 aliphatic rings. The molecule has 0 saturated carbocycles. The lowest BCUT2D eigenvalue weighted by atomic mass is 9.98. The van der Waals surface area contributed by atoms with Crippen LogP contribution in [0, 0.1) is 0 Å². The van der Waals surface area contributed by atoms with Crippen molar-refractivity contribution in [1.82, 2.24) is 5.32 Å². The number of carbonyl (C=O) groups excluding carboxylic acids is 1. The summed E-state index contributed by atoms with van der Waals surface area (Å²) in [5, 5.41) is 12.8. The van der Waals surface area contributed by atoms with E-state index in [0.29, 0.717) is 17.9 Å². The number of halogens is 3. The van der Waals surface area contributed by atoms with Gasteiger partial charge in [0.1, 0.15) is 0 Å². The average molecular weight is 333 g/mol. The predicted octanol–water partition coefficient (Wildman–Crippen LogP) is 2.62. The fourth-order valence-electron chi connectivity index (χ4n) is 2.45. The van der Waals surface area contributed by atoms with Gasteiger partial charge < -0.3 is 10.4 Å². The second kappa shape index (κ2) is 6.50. The molecule has 2 rings (SSSR count). The Hall–Kier alpha value is -1.21. The molecule has 1 fully saturated rings. The van der Waals surface area contributed by atoms with Gasteiger partial charge in [0.05, 0.1) is 5.56 Å². The van der Waals surface area contributed by atoms with Gasteiger partial charge in [0.25, 0.3) is 5.91 Å². The second-order valence-electron chi connectivity index (χ2n) is 5.57. The Morgan fingerprint density at radius 2 is 2.14 bits per heavy atom. The average Bonchev–Trinajstić information content (AvgIpc) is 2.86. The smallest absolute Gasteiger partial charge is 0.379 e. The maximum atomic E-state index is 12.9. The molecule has 1 amide bonds. The van der Waals surface area contributed by atoms with E-state index in [2.05, 4.69) is 5.32 Å². The van der Waals surface area contributed by atoms with Crippen molar-refractivity contribution in [1.29, 1.82) is 0 Å². The first-order valence-electron chi connectivity index (χ1n) is 6.98. The molecule has 0 unspecified atom stereocenters. The van der Waals surface area contributed by atoms with Crippen LogP contribution < -0.4 is 5.32 Å². The minimum Gasteiger partial charge on any atom is -0.379 e. The Morgan fingerprint density at radius 1 is 1.45 bits per heavy atom.